The normalized spacial score (nSPS) is 26.3. The van der Waals surface area contributed by atoms with E-state index in [1.54, 1.807) is 12.1 Å². The number of halogens is 1. The molecule has 0 amide bonds. The van der Waals surface area contributed by atoms with E-state index < -0.39 is 0 Å². The fraction of sp³-hybridized carbons (Fsp3) is 0.500. The number of hydrogen-bond donors (Lipinski definition) is 2. The smallest absolute Gasteiger partial charge is 0.123 e. The number of anilines is 1. The number of rotatable bonds is 2. The van der Waals surface area contributed by atoms with Crippen molar-refractivity contribution in [2.24, 2.45) is 0 Å². The minimum absolute atomic E-state index is 0.115. The Labute approximate surface area is 89.1 Å². The molecule has 1 fully saturated rings. The van der Waals surface area contributed by atoms with Crippen molar-refractivity contribution in [1.82, 2.24) is 0 Å². The van der Waals surface area contributed by atoms with Crippen LogP contribution in [0.3, 0.4) is 0 Å². The molecule has 1 aliphatic rings. The summed E-state index contributed by atoms with van der Waals surface area (Å²) in [4.78, 5) is 0. The zero-order valence-corrected chi connectivity index (χ0v) is 8.62. The van der Waals surface area contributed by atoms with Gasteiger partial charge < -0.3 is 10.4 Å². The van der Waals surface area contributed by atoms with E-state index >= 15 is 0 Å². The van der Waals surface area contributed by atoms with Crippen LogP contribution in [-0.4, -0.2) is 17.3 Å². The molecule has 0 bridgehead atoms. The summed E-state index contributed by atoms with van der Waals surface area (Å²) in [5, 5.41) is 13.0. The van der Waals surface area contributed by atoms with Crippen LogP contribution in [0.15, 0.2) is 24.3 Å². The minimum Gasteiger partial charge on any atom is -0.391 e. The maximum absolute atomic E-state index is 12.7. The molecule has 0 saturated heterocycles. The number of nitrogens with one attached hydrogen (secondary N) is 1. The van der Waals surface area contributed by atoms with Crippen molar-refractivity contribution in [2.45, 2.75) is 37.8 Å². The highest BCUT2D eigenvalue weighted by atomic mass is 19.1. The zero-order valence-electron chi connectivity index (χ0n) is 8.62. The monoisotopic (exact) mass is 209 g/mol. The average Bonchev–Trinajstić information content (AvgIpc) is 2.25. The SMILES string of the molecule is O[C@@H]1CCCC[C@H]1Nc1ccc(F)cc1. The highest BCUT2D eigenvalue weighted by Gasteiger charge is 2.22. The summed E-state index contributed by atoms with van der Waals surface area (Å²) >= 11 is 0. The van der Waals surface area contributed by atoms with Crippen molar-refractivity contribution in [3.63, 3.8) is 0 Å². The van der Waals surface area contributed by atoms with Crippen molar-refractivity contribution in [1.29, 1.82) is 0 Å². The van der Waals surface area contributed by atoms with Crippen molar-refractivity contribution in [3.8, 4) is 0 Å². The van der Waals surface area contributed by atoms with Crippen LogP contribution in [-0.2, 0) is 0 Å². The molecule has 0 unspecified atom stereocenters. The Morgan fingerprint density at radius 1 is 1.13 bits per heavy atom. The van der Waals surface area contributed by atoms with E-state index in [9.17, 15) is 9.50 Å². The zero-order chi connectivity index (χ0) is 10.7. The summed E-state index contributed by atoms with van der Waals surface area (Å²) in [5.41, 5.74) is 0.877. The lowest BCUT2D eigenvalue weighted by molar-refractivity contribution is 0.116. The quantitative estimate of drug-likeness (QED) is 0.784. The Hall–Kier alpha value is -1.09. The second kappa shape index (κ2) is 4.62. The largest absolute Gasteiger partial charge is 0.391 e. The fourth-order valence-electron chi connectivity index (χ4n) is 2.04. The molecule has 1 saturated carbocycles. The third-order valence-corrected chi connectivity index (χ3v) is 2.93. The molecule has 0 radical (unpaired) electrons. The van der Waals surface area contributed by atoms with Crippen LogP contribution in [0, 0.1) is 5.82 Å². The number of hydrogen-bond acceptors (Lipinski definition) is 2. The van der Waals surface area contributed by atoms with Crippen molar-refractivity contribution in [2.75, 3.05) is 5.32 Å². The molecule has 2 atom stereocenters. The Morgan fingerprint density at radius 2 is 1.80 bits per heavy atom. The summed E-state index contributed by atoms with van der Waals surface area (Å²) in [6, 6.07) is 6.38. The molecule has 2 rings (SSSR count). The van der Waals surface area contributed by atoms with E-state index in [4.69, 9.17) is 0 Å². The maximum atomic E-state index is 12.7. The first-order chi connectivity index (χ1) is 7.25. The van der Waals surface area contributed by atoms with Gasteiger partial charge in [0.05, 0.1) is 12.1 Å². The van der Waals surface area contributed by atoms with E-state index in [1.165, 1.54) is 12.1 Å². The lowest BCUT2D eigenvalue weighted by atomic mass is 9.92. The summed E-state index contributed by atoms with van der Waals surface area (Å²) in [7, 11) is 0. The molecule has 0 spiro atoms. The van der Waals surface area contributed by atoms with E-state index in [1.807, 2.05) is 0 Å². The highest BCUT2D eigenvalue weighted by Crippen LogP contribution is 2.22. The molecule has 0 aliphatic heterocycles. The van der Waals surface area contributed by atoms with E-state index in [0.29, 0.717) is 0 Å². The summed E-state index contributed by atoms with van der Waals surface area (Å²) in [5.74, 6) is -0.232. The number of benzene rings is 1. The fourth-order valence-corrected chi connectivity index (χ4v) is 2.04. The van der Waals surface area contributed by atoms with Gasteiger partial charge in [0.2, 0.25) is 0 Å². The van der Waals surface area contributed by atoms with E-state index in [2.05, 4.69) is 5.32 Å². The summed E-state index contributed by atoms with van der Waals surface area (Å²) in [6.07, 6.45) is 3.82. The Kier molecular flexibility index (Phi) is 3.21. The molecule has 2 N–H and O–H groups in total. The van der Waals surface area contributed by atoms with Gasteiger partial charge >= 0.3 is 0 Å². The lowest BCUT2D eigenvalue weighted by Gasteiger charge is -2.29. The maximum Gasteiger partial charge on any atom is 0.123 e. The van der Waals surface area contributed by atoms with Crippen LogP contribution in [0.4, 0.5) is 10.1 Å². The van der Waals surface area contributed by atoms with E-state index in [-0.39, 0.29) is 18.0 Å². The Bertz CT molecular complexity index is 312. The van der Waals surface area contributed by atoms with Gasteiger partial charge in [0.25, 0.3) is 0 Å². The average molecular weight is 209 g/mol. The van der Waals surface area contributed by atoms with Crippen LogP contribution in [0.2, 0.25) is 0 Å². The Balaban J connectivity index is 1.98. The molecule has 0 heterocycles. The first kappa shape index (κ1) is 10.4. The van der Waals surface area contributed by atoms with E-state index in [0.717, 1.165) is 31.4 Å². The van der Waals surface area contributed by atoms with Crippen LogP contribution >= 0.6 is 0 Å². The van der Waals surface area contributed by atoms with Crippen LogP contribution in [0.5, 0.6) is 0 Å². The van der Waals surface area contributed by atoms with Gasteiger partial charge in [0, 0.05) is 5.69 Å². The number of aliphatic hydroxyl groups is 1. The molecule has 1 aromatic carbocycles. The Morgan fingerprint density at radius 3 is 2.47 bits per heavy atom. The predicted octanol–water partition coefficient (Wildman–Crippen LogP) is 2.54. The third-order valence-electron chi connectivity index (χ3n) is 2.93. The van der Waals surface area contributed by atoms with Gasteiger partial charge in [-0.25, -0.2) is 4.39 Å². The van der Waals surface area contributed by atoms with Gasteiger partial charge in [-0.2, -0.15) is 0 Å². The molecule has 1 aromatic rings. The number of aliphatic hydroxyl groups excluding tert-OH is 1. The minimum atomic E-state index is -0.274. The van der Waals surface area contributed by atoms with Crippen LogP contribution in [0.1, 0.15) is 25.7 Å². The first-order valence-corrected chi connectivity index (χ1v) is 5.46. The molecule has 2 nitrogen and oxygen atoms in total. The van der Waals surface area contributed by atoms with Crippen LogP contribution in [0.25, 0.3) is 0 Å². The molecular weight excluding hydrogens is 193 g/mol. The van der Waals surface area contributed by atoms with Gasteiger partial charge in [0.15, 0.2) is 0 Å². The van der Waals surface area contributed by atoms with Crippen molar-refractivity contribution in [3.05, 3.63) is 30.1 Å². The van der Waals surface area contributed by atoms with Gasteiger partial charge in [-0.3, -0.25) is 0 Å². The first-order valence-electron chi connectivity index (χ1n) is 5.46. The second-order valence-corrected chi connectivity index (χ2v) is 4.11. The topological polar surface area (TPSA) is 32.3 Å². The van der Waals surface area contributed by atoms with Gasteiger partial charge in [-0.05, 0) is 37.1 Å². The molecule has 82 valence electrons. The van der Waals surface area contributed by atoms with Crippen molar-refractivity contribution >= 4 is 5.69 Å². The van der Waals surface area contributed by atoms with Crippen LogP contribution < -0.4 is 5.32 Å². The van der Waals surface area contributed by atoms with Gasteiger partial charge in [-0.15, -0.1) is 0 Å². The van der Waals surface area contributed by atoms with Crippen molar-refractivity contribution < 1.29 is 9.50 Å². The highest BCUT2D eigenvalue weighted by molar-refractivity contribution is 5.44. The standard InChI is InChI=1S/C12H16FNO/c13-9-5-7-10(8-6-9)14-11-3-1-2-4-12(11)15/h5-8,11-12,14-15H,1-4H2/t11-,12-/m1/s1. The van der Waals surface area contributed by atoms with Gasteiger partial charge in [-0.1, -0.05) is 12.8 Å². The molecule has 1 aliphatic carbocycles. The summed E-state index contributed by atoms with van der Waals surface area (Å²) < 4.78 is 12.7. The molecule has 3 heteroatoms. The third kappa shape index (κ3) is 2.69. The molecule has 15 heavy (non-hydrogen) atoms. The molecule has 0 aromatic heterocycles. The van der Waals surface area contributed by atoms with Gasteiger partial charge in [0.1, 0.15) is 5.82 Å². The molecular formula is C12H16FNO. The predicted molar refractivity (Wildman–Crippen MR) is 58.3 cm³/mol. The second-order valence-electron chi connectivity index (χ2n) is 4.11. The summed E-state index contributed by atoms with van der Waals surface area (Å²) in [6.45, 7) is 0. The lowest BCUT2D eigenvalue weighted by Crippen LogP contribution is -2.36.